The summed E-state index contributed by atoms with van der Waals surface area (Å²) in [4.78, 5) is 2.43. The Bertz CT molecular complexity index is 432. The molecule has 2 atom stereocenters. The first-order valence-corrected chi connectivity index (χ1v) is 8.27. The topological polar surface area (TPSA) is 78.4 Å². The normalized spacial score (nSPS) is 23.6. The summed E-state index contributed by atoms with van der Waals surface area (Å²) in [5.74, 6) is 7.69. The minimum Gasteiger partial charge on any atom is -0.384 e. The zero-order valence-corrected chi connectivity index (χ0v) is 13.8. The van der Waals surface area contributed by atoms with E-state index in [9.17, 15) is 0 Å². The number of thioether (sulfide) groups is 1. The summed E-state index contributed by atoms with van der Waals surface area (Å²) >= 11 is 1.64. The van der Waals surface area contributed by atoms with Gasteiger partial charge in [-0.2, -0.15) is 0 Å². The Hall–Kier alpha value is -0.830. The zero-order chi connectivity index (χ0) is 15.2. The lowest BCUT2D eigenvalue weighted by molar-refractivity contribution is -0.0661. The molecule has 0 amide bonds. The number of morpholine rings is 1. The maximum absolute atomic E-state index is 5.99. The number of ether oxygens (including phenoxy) is 2. The van der Waals surface area contributed by atoms with Crippen LogP contribution >= 0.6 is 11.8 Å². The third-order valence-corrected chi connectivity index (χ3v) is 4.32. The van der Waals surface area contributed by atoms with Crippen molar-refractivity contribution in [3.05, 3.63) is 5.82 Å². The first-order valence-electron chi connectivity index (χ1n) is 7.29. The quantitative estimate of drug-likeness (QED) is 0.576. The van der Waals surface area contributed by atoms with Gasteiger partial charge in [-0.25, -0.2) is 4.68 Å². The van der Waals surface area contributed by atoms with E-state index in [0.29, 0.717) is 25.2 Å². The molecular formula is C13H25N5O2S. The van der Waals surface area contributed by atoms with Crippen molar-refractivity contribution in [1.82, 2.24) is 19.8 Å². The van der Waals surface area contributed by atoms with Gasteiger partial charge in [0.2, 0.25) is 5.16 Å². The highest BCUT2D eigenvalue weighted by Gasteiger charge is 2.21. The highest BCUT2D eigenvalue weighted by atomic mass is 32.2. The molecular weight excluding hydrogens is 290 g/mol. The van der Waals surface area contributed by atoms with Crippen LogP contribution in [-0.4, -0.2) is 71.1 Å². The van der Waals surface area contributed by atoms with Gasteiger partial charge >= 0.3 is 0 Å². The van der Waals surface area contributed by atoms with Gasteiger partial charge in [-0.3, -0.25) is 4.90 Å². The van der Waals surface area contributed by atoms with Gasteiger partial charge in [-0.05, 0) is 13.8 Å². The molecule has 1 saturated heterocycles. The largest absolute Gasteiger partial charge is 0.384 e. The standard InChI is InChI=1S/C13H25N5O2S/c1-10-8-17(9-11(2)20-10)5-7-21-13-16-15-12(18(13)14)4-6-19-3/h10-11H,4-9,14H2,1-3H3/t10-,11+. The molecule has 7 nitrogen and oxygen atoms in total. The highest BCUT2D eigenvalue weighted by molar-refractivity contribution is 7.99. The maximum atomic E-state index is 5.99. The fourth-order valence-corrected chi connectivity index (χ4v) is 3.38. The third kappa shape index (κ3) is 4.84. The van der Waals surface area contributed by atoms with E-state index in [1.54, 1.807) is 23.5 Å². The lowest BCUT2D eigenvalue weighted by atomic mass is 10.2. The maximum Gasteiger partial charge on any atom is 0.209 e. The molecule has 1 aliphatic rings. The average molecular weight is 315 g/mol. The molecule has 0 saturated carbocycles. The number of hydrogen-bond acceptors (Lipinski definition) is 7. The molecule has 0 unspecified atom stereocenters. The molecule has 0 spiro atoms. The number of methoxy groups -OCH3 is 1. The van der Waals surface area contributed by atoms with Crippen LogP contribution in [0.2, 0.25) is 0 Å². The van der Waals surface area contributed by atoms with Gasteiger partial charge in [0.25, 0.3) is 0 Å². The van der Waals surface area contributed by atoms with E-state index >= 15 is 0 Å². The van der Waals surface area contributed by atoms with E-state index in [0.717, 1.165) is 36.4 Å². The van der Waals surface area contributed by atoms with Crippen LogP contribution in [0.15, 0.2) is 5.16 Å². The van der Waals surface area contributed by atoms with Gasteiger partial charge in [-0.15, -0.1) is 10.2 Å². The van der Waals surface area contributed by atoms with Crippen molar-refractivity contribution in [3.63, 3.8) is 0 Å². The molecule has 0 bridgehead atoms. The van der Waals surface area contributed by atoms with Crippen molar-refractivity contribution in [2.75, 3.05) is 44.9 Å². The number of aromatic nitrogens is 3. The van der Waals surface area contributed by atoms with Gasteiger partial charge in [-0.1, -0.05) is 11.8 Å². The van der Waals surface area contributed by atoms with E-state index in [1.165, 1.54) is 0 Å². The predicted octanol–water partition coefficient (Wildman–Crippen LogP) is 0.382. The predicted molar refractivity (Wildman–Crippen MR) is 82.9 cm³/mol. The summed E-state index contributed by atoms with van der Waals surface area (Å²) in [6, 6.07) is 0. The molecule has 1 aromatic rings. The van der Waals surface area contributed by atoms with E-state index in [-0.39, 0.29) is 0 Å². The van der Waals surface area contributed by atoms with Gasteiger partial charge in [0.15, 0.2) is 5.82 Å². The highest BCUT2D eigenvalue weighted by Crippen LogP contribution is 2.16. The minimum absolute atomic E-state index is 0.303. The Labute approximate surface area is 130 Å². The van der Waals surface area contributed by atoms with Gasteiger partial charge < -0.3 is 15.3 Å². The fraction of sp³-hybridized carbons (Fsp3) is 0.846. The summed E-state index contributed by atoms with van der Waals surface area (Å²) in [5, 5.41) is 8.99. The molecule has 2 N–H and O–H groups in total. The minimum atomic E-state index is 0.303. The number of nitrogens with two attached hydrogens (primary N) is 1. The molecule has 0 aliphatic carbocycles. The lowest BCUT2D eigenvalue weighted by Crippen LogP contribution is -2.46. The van der Waals surface area contributed by atoms with Gasteiger partial charge in [0, 0.05) is 38.9 Å². The molecule has 0 radical (unpaired) electrons. The zero-order valence-electron chi connectivity index (χ0n) is 13.0. The molecule has 1 aliphatic heterocycles. The first kappa shape index (κ1) is 16.5. The van der Waals surface area contributed by atoms with Crippen molar-refractivity contribution >= 4 is 11.8 Å². The lowest BCUT2D eigenvalue weighted by Gasteiger charge is -2.35. The number of nitrogen functional groups attached to an aromatic ring is 1. The Kier molecular flexibility index (Phi) is 6.28. The van der Waals surface area contributed by atoms with Crippen molar-refractivity contribution in [2.45, 2.75) is 37.6 Å². The van der Waals surface area contributed by atoms with Crippen LogP contribution in [0, 0.1) is 0 Å². The van der Waals surface area contributed by atoms with Crippen LogP contribution < -0.4 is 5.84 Å². The van der Waals surface area contributed by atoms with Crippen molar-refractivity contribution in [2.24, 2.45) is 0 Å². The van der Waals surface area contributed by atoms with Crippen molar-refractivity contribution < 1.29 is 9.47 Å². The van der Waals surface area contributed by atoms with Crippen LogP contribution in [0.3, 0.4) is 0 Å². The smallest absolute Gasteiger partial charge is 0.209 e. The molecule has 2 rings (SSSR count). The van der Waals surface area contributed by atoms with E-state index < -0.39 is 0 Å². The average Bonchev–Trinajstić information content (AvgIpc) is 2.77. The van der Waals surface area contributed by atoms with E-state index in [2.05, 4.69) is 28.9 Å². The summed E-state index contributed by atoms with van der Waals surface area (Å²) < 4.78 is 12.3. The summed E-state index contributed by atoms with van der Waals surface area (Å²) in [6.45, 7) is 7.81. The molecule has 120 valence electrons. The molecule has 1 fully saturated rings. The second kappa shape index (κ2) is 7.98. The number of hydrogen-bond donors (Lipinski definition) is 1. The molecule has 1 aromatic heterocycles. The summed E-state index contributed by atoms with van der Waals surface area (Å²) in [7, 11) is 1.66. The summed E-state index contributed by atoms with van der Waals surface area (Å²) in [5.41, 5.74) is 0. The SMILES string of the molecule is COCCc1nnc(SCCN2C[C@@H](C)O[C@@H](C)C2)n1N. The Morgan fingerprint density at radius 2 is 2.05 bits per heavy atom. The molecule has 2 heterocycles. The van der Waals surface area contributed by atoms with Crippen LogP contribution in [0.4, 0.5) is 0 Å². The molecule has 21 heavy (non-hydrogen) atoms. The first-order chi connectivity index (χ1) is 10.1. The second-order valence-electron chi connectivity index (χ2n) is 5.38. The Morgan fingerprint density at radius 1 is 1.33 bits per heavy atom. The second-order valence-corrected chi connectivity index (χ2v) is 6.44. The van der Waals surface area contributed by atoms with Crippen LogP contribution in [-0.2, 0) is 15.9 Å². The van der Waals surface area contributed by atoms with Crippen LogP contribution in [0.25, 0.3) is 0 Å². The van der Waals surface area contributed by atoms with Gasteiger partial charge in [0.1, 0.15) is 0 Å². The van der Waals surface area contributed by atoms with Gasteiger partial charge in [0.05, 0.1) is 18.8 Å². The Morgan fingerprint density at radius 3 is 2.71 bits per heavy atom. The van der Waals surface area contributed by atoms with Crippen LogP contribution in [0.1, 0.15) is 19.7 Å². The Balaban J connectivity index is 1.77. The van der Waals surface area contributed by atoms with E-state index in [4.69, 9.17) is 15.3 Å². The van der Waals surface area contributed by atoms with Crippen LogP contribution in [0.5, 0.6) is 0 Å². The molecule has 0 aromatic carbocycles. The third-order valence-electron chi connectivity index (χ3n) is 3.40. The number of nitrogens with zero attached hydrogens (tertiary/aromatic N) is 4. The summed E-state index contributed by atoms with van der Waals surface area (Å²) in [6.07, 6.45) is 1.29. The van der Waals surface area contributed by atoms with Crippen molar-refractivity contribution in [1.29, 1.82) is 0 Å². The van der Waals surface area contributed by atoms with Crippen molar-refractivity contribution in [3.8, 4) is 0 Å². The fourth-order valence-electron chi connectivity index (χ4n) is 2.50. The molecule has 8 heteroatoms. The number of rotatable bonds is 7. The van der Waals surface area contributed by atoms with E-state index in [1.807, 2.05) is 0 Å². The monoisotopic (exact) mass is 315 g/mol.